The van der Waals surface area contributed by atoms with Crippen molar-refractivity contribution < 1.29 is 24.2 Å². The van der Waals surface area contributed by atoms with Crippen LogP contribution >= 0.6 is 0 Å². The van der Waals surface area contributed by atoms with Crippen LogP contribution in [0, 0.1) is 0 Å². The molecule has 1 saturated heterocycles. The normalized spacial score (nSPS) is 19.3. The monoisotopic (exact) mass is 373 g/mol. The molecule has 0 spiro atoms. The molecule has 0 unspecified atom stereocenters. The Morgan fingerprint density at radius 3 is 2.56 bits per heavy atom. The maximum absolute atomic E-state index is 12.7. The van der Waals surface area contributed by atoms with Gasteiger partial charge in [0.1, 0.15) is 5.71 Å². The van der Waals surface area contributed by atoms with Crippen molar-refractivity contribution in [3.8, 4) is 0 Å². The molecule has 1 aromatic rings. The summed E-state index contributed by atoms with van der Waals surface area (Å²) in [6.45, 7) is 1.10. The molecule has 3 rings (SSSR count). The highest BCUT2D eigenvalue weighted by Crippen LogP contribution is 2.25. The fourth-order valence-electron chi connectivity index (χ4n) is 3.36. The number of hydrazone groups is 1. The van der Waals surface area contributed by atoms with Crippen LogP contribution in [0.15, 0.2) is 35.4 Å². The van der Waals surface area contributed by atoms with E-state index in [1.165, 1.54) is 5.01 Å². The SMILES string of the molecule is O=C(O)CC1(NC(=O)C2=NN(Cc3ccccc3)C(=O)CC2)CCOCC1. The molecule has 8 nitrogen and oxygen atoms in total. The van der Waals surface area contributed by atoms with Crippen LogP contribution in [0.5, 0.6) is 0 Å². The summed E-state index contributed by atoms with van der Waals surface area (Å²) in [4.78, 5) is 36.2. The quantitative estimate of drug-likeness (QED) is 0.781. The predicted molar refractivity (Wildman–Crippen MR) is 96.8 cm³/mol. The third-order valence-electron chi connectivity index (χ3n) is 4.86. The molecule has 0 bridgehead atoms. The van der Waals surface area contributed by atoms with Crippen molar-refractivity contribution in [2.75, 3.05) is 13.2 Å². The number of carbonyl (C=O) groups is 3. The summed E-state index contributed by atoms with van der Waals surface area (Å²) >= 11 is 0. The summed E-state index contributed by atoms with van der Waals surface area (Å²) in [5, 5.41) is 17.6. The molecule has 0 radical (unpaired) electrons. The number of amides is 2. The van der Waals surface area contributed by atoms with Crippen LogP contribution in [0.25, 0.3) is 0 Å². The van der Waals surface area contributed by atoms with Gasteiger partial charge in [0.15, 0.2) is 0 Å². The maximum atomic E-state index is 12.7. The Kier molecular flexibility index (Phi) is 5.85. The fourth-order valence-corrected chi connectivity index (χ4v) is 3.36. The Labute approximate surface area is 157 Å². The molecule has 144 valence electrons. The topological polar surface area (TPSA) is 108 Å². The van der Waals surface area contributed by atoms with Gasteiger partial charge >= 0.3 is 5.97 Å². The summed E-state index contributed by atoms with van der Waals surface area (Å²) in [6, 6.07) is 9.42. The molecule has 1 aromatic carbocycles. The molecule has 0 aliphatic carbocycles. The van der Waals surface area contributed by atoms with Crippen LogP contribution in [0.1, 0.15) is 37.7 Å². The second-order valence-corrected chi connectivity index (χ2v) is 6.90. The third kappa shape index (κ3) is 4.91. The summed E-state index contributed by atoms with van der Waals surface area (Å²) in [6.07, 6.45) is 1.15. The first-order valence-electron chi connectivity index (χ1n) is 9.01. The Bertz CT molecular complexity index is 741. The predicted octanol–water partition coefficient (Wildman–Crippen LogP) is 1.31. The standard InChI is InChI=1S/C19H23N3O5/c23-16-7-6-15(21-22(16)13-14-4-2-1-3-5-14)18(26)20-19(12-17(24)25)8-10-27-11-9-19/h1-5H,6-13H2,(H,20,26)(H,24,25). The highest BCUT2D eigenvalue weighted by Gasteiger charge is 2.38. The van der Waals surface area contributed by atoms with E-state index in [9.17, 15) is 19.5 Å². The van der Waals surface area contributed by atoms with Crippen molar-refractivity contribution in [1.29, 1.82) is 0 Å². The number of aliphatic carboxylic acids is 1. The molecule has 2 aliphatic heterocycles. The van der Waals surface area contributed by atoms with Gasteiger partial charge in [-0.1, -0.05) is 30.3 Å². The molecule has 2 amide bonds. The number of carboxylic acid groups (broad SMARTS) is 1. The molecule has 0 aromatic heterocycles. The lowest BCUT2D eigenvalue weighted by molar-refractivity contribution is -0.140. The van der Waals surface area contributed by atoms with Gasteiger partial charge in [0.05, 0.1) is 18.5 Å². The number of nitrogens with zero attached hydrogens (tertiary/aromatic N) is 2. The smallest absolute Gasteiger partial charge is 0.305 e. The van der Waals surface area contributed by atoms with E-state index in [0.717, 1.165) is 5.56 Å². The van der Waals surface area contributed by atoms with E-state index in [0.29, 0.717) is 32.6 Å². The van der Waals surface area contributed by atoms with Crippen LogP contribution in [-0.2, 0) is 25.7 Å². The van der Waals surface area contributed by atoms with E-state index in [1.54, 1.807) is 0 Å². The van der Waals surface area contributed by atoms with Gasteiger partial charge in [-0.05, 0) is 18.4 Å². The molecule has 2 aliphatic rings. The zero-order chi connectivity index (χ0) is 19.3. The van der Waals surface area contributed by atoms with Crippen LogP contribution in [0.2, 0.25) is 0 Å². The average Bonchev–Trinajstić information content (AvgIpc) is 2.64. The number of rotatable bonds is 6. The maximum Gasteiger partial charge on any atom is 0.305 e. The van der Waals surface area contributed by atoms with E-state index in [4.69, 9.17) is 4.74 Å². The van der Waals surface area contributed by atoms with Crippen molar-refractivity contribution in [3.63, 3.8) is 0 Å². The van der Waals surface area contributed by atoms with E-state index in [-0.39, 0.29) is 30.9 Å². The molecule has 2 N–H and O–H groups in total. The Balaban J connectivity index is 1.73. The lowest BCUT2D eigenvalue weighted by Crippen LogP contribution is -2.55. The molecular weight excluding hydrogens is 350 g/mol. The largest absolute Gasteiger partial charge is 0.481 e. The summed E-state index contributed by atoms with van der Waals surface area (Å²) in [5.74, 6) is -1.52. The van der Waals surface area contributed by atoms with E-state index in [2.05, 4.69) is 10.4 Å². The minimum Gasteiger partial charge on any atom is -0.481 e. The van der Waals surface area contributed by atoms with Gasteiger partial charge in [0, 0.05) is 26.1 Å². The molecule has 27 heavy (non-hydrogen) atoms. The highest BCUT2D eigenvalue weighted by atomic mass is 16.5. The first-order valence-corrected chi connectivity index (χ1v) is 9.01. The molecule has 8 heteroatoms. The lowest BCUT2D eigenvalue weighted by atomic mass is 9.86. The van der Waals surface area contributed by atoms with Crippen LogP contribution in [-0.4, -0.2) is 52.4 Å². The van der Waals surface area contributed by atoms with Crippen molar-refractivity contribution in [2.24, 2.45) is 5.10 Å². The van der Waals surface area contributed by atoms with Gasteiger partial charge in [0.25, 0.3) is 5.91 Å². The molecule has 1 fully saturated rings. The average molecular weight is 373 g/mol. The number of ether oxygens (including phenoxy) is 1. The summed E-state index contributed by atoms with van der Waals surface area (Å²) in [7, 11) is 0. The summed E-state index contributed by atoms with van der Waals surface area (Å²) < 4.78 is 5.30. The Hall–Kier alpha value is -2.74. The first kappa shape index (κ1) is 19.0. The zero-order valence-electron chi connectivity index (χ0n) is 15.0. The third-order valence-corrected chi connectivity index (χ3v) is 4.86. The minimum absolute atomic E-state index is 0.137. The van der Waals surface area contributed by atoms with E-state index < -0.39 is 17.4 Å². The van der Waals surface area contributed by atoms with Crippen LogP contribution in [0.3, 0.4) is 0 Å². The molecule has 2 heterocycles. The second-order valence-electron chi connectivity index (χ2n) is 6.90. The number of nitrogens with one attached hydrogen (secondary N) is 1. The van der Waals surface area contributed by atoms with Crippen molar-refractivity contribution in [1.82, 2.24) is 10.3 Å². The number of hydrogen-bond donors (Lipinski definition) is 2. The van der Waals surface area contributed by atoms with Crippen molar-refractivity contribution >= 4 is 23.5 Å². The van der Waals surface area contributed by atoms with Crippen molar-refractivity contribution in [3.05, 3.63) is 35.9 Å². The number of hydrogen-bond acceptors (Lipinski definition) is 5. The van der Waals surface area contributed by atoms with Crippen LogP contribution < -0.4 is 5.32 Å². The van der Waals surface area contributed by atoms with Gasteiger partial charge in [-0.25, -0.2) is 5.01 Å². The van der Waals surface area contributed by atoms with Gasteiger partial charge in [0.2, 0.25) is 5.91 Å². The lowest BCUT2D eigenvalue weighted by Gasteiger charge is -2.37. The van der Waals surface area contributed by atoms with E-state index in [1.807, 2.05) is 30.3 Å². The van der Waals surface area contributed by atoms with Crippen LogP contribution in [0.4, 0.5) is 0 Å². The van der Waals surface area contributed by atoms with Gasteiger partial charge < -0.3 is 15.2 Å². The van der Waals surface area contributed by atoms with E-state index >= 15 is 0 Å². The number of carbonyl (C=O) groups excluding carboxylic acids is 2. The number of carboxylic acids is 1. The van der Waals surface area contributed by atoms with Gasteiger partial charge in [-0.15, -0.1) is 0 Å². The first-order chi connectivity index (χ1) is 13.0. The highest BCUT2D eigenvalue weighted by molar-refractivity contribution is 6.39. The number of benzene rings is 1. The molecule has 0 saturated carbocycles. The van der Waals surface area contributed by atoms with Gasteiger partial charge in [-0.2, -0.15) is 5.10 Å². The minimum atomic E-state index is -0.969. The van der Waals surface area contributed by atoms with Crippen molar-refractivity contribution in [2.45, 2.75) is 44.2 Å². The Morgan fingerprint density at radius 1 is 1.19 bits per heavy atom. The molecular formula is C19H23N3O5. The molecule has 0 atom stereocenters. The second kappa shape index (κ2) is 8.30. The Morgan fingerprint density at radius 2 is 1.89 bits per heavy atom. The summed E-state index contributed by atoms with van der Waals surface area (Å²) in [5.41, 5.74) is 0.333. The van der Waals surface area contributed by atoms with Gasteiger partial charge in [-0.3, -0.25) is 14.4 Å². The fraction of sp³-hybridized carbons (Fsp3) is 0.474. The zero-order valence-corrected chi connectivity index (χ0v) is 15.0.